The number of amides is 2. The van der Waals surface area contributed by atoms with Crippen LogP contribution in [-0.4, -0.2) is 21.5 Å². The number of carbonyl (C=O) groups is 2. The minimum Gasteiger partial charge on any atom is -0.318 e. The number of hydrogen-bond acceptors (Lipinski definition) is 3. The molecule has 2 heterocycles. The van der Waals surface area contributed by atoms with Crippen molar-refractivity contribution in [2.45, 2.75) is 13.8 Å². The van der Waals surface area contributed by atoms with Gasteiger partial charge in [0, 0.05) is 17.1 Å². The summed E-state index contributed by atoms with van der Waals surface area (Å²) in [6.45, 7) is 3.71. The first-order valence-electron chi connectivity index (χ1n) is 9.39. The predicted molar refractivity (Wildman–Crippen MR) is 123 cm³/mol. The molecular formula is C23H17ClFN3O2S. The Morgan fingerprint density at radius 3 is 2.52 bits per heavy atom. The van der Waals surface area contributed by atoms with Crippen LogP contribution in [0.3, 0.4) is 0 Å². The van der Waals surface area contributed by atoms with E-state index in [1.54, 1.807) is 36.4 Å². The Bertz CT molecular complexity index is 1280. The van der Waals surface area contributed by atoms with E-state index >= 15 is 0 Å². The molecule has 0 unspecified atom stereocenters. The van der Waals surface area contributed by atoms with E-state index < -0.39 is 11.8 Å². The molecule has 3 aromatic rings. The number of aromatic nitrogens is 1. The molecule has 8 heteroatoms. The van der Waals surface area contributed by atoms with Gasteiger partial charge in [-0.25, -0.2) is 4.39 Å². The fraction of sp³-hybridized carbons (Fsp3) is 0.0870. The average molecular weight is 454 g/mol. The maximum Gasteiger partial charge on any atom is 0.270 e. The van der Waals surface area contributed by atoms with E-state index in [1.165, 1.54) is 23.1 Å². The first kappa shape index (κ1) is 21.0. The zero-order valence-corrected chi connectivity index (χ0v) is 18.2. The average Bonchev–Trinajstić information content (AvgIpc) is 2.99. The predicted octanol–water partition coefficient (Wildman–Crippen LogP) is 4.72. The second kappa shape index (κ2) is 8.09. The fourth-order valence-electron chi connectivity index (χ4n) is 3.61. The summed E-state index contributed by atoms with van der Waals surface area (Å²) in [6, 6.07) is 14.8. The highest BCUT2D eigenvalue weighted by atomic mass is 35.5. The third-order valence-electron chi connectivity index (χ3n) is 5.03. The molecule has 4 rings (SSSR count). The van der Waals surface area contributed by atoms with E-state index in [-0.39, 0.29) is 16.5 Å². The minimum absolute atomic E-state index is 0.0366. The standard InChI is InChI=1S/C23H17ClFN3O2S/c1-13-10-15(14(2)27(13)17-7-5-6-16(25)12-17)11-18-21(29)26-23(31)28(22(18)30)20-9-4-3-8-19(20)24/h3-12H,1-2H3,(H,26,29,31)/b18-11+. The van der Waals surface area contributed by atoms with E-state index in [4.69, 9.17) is 23.8 Å². The maximum absolute atomic E-state index is 13.7. The smallest absolute Gasteiger partial charge is 0.270 e. The second-order valence-electron chi connectivity index (χ2n) is 7.05. The summed E-state index contributed by atoms with van der Waals surface area (Å²) < 4.78 is 15.6. The van der Waals surface area contributed by atoms with Crippen molar-refractivity contribution >= 4 is 52.5 Å². The molecule has 1 aliphatic rings. The van der Waals surface area contributed by atoms with Crippen LogP contribution in [-0.2, 0) is 9.59 Å². The summed E-state index contributed by atoms with van der Waals surface area (Å²) in [5.41, 5.74) is 3.21. The van der Waals surface area contributed by atoms with E-state index in [1.807, 2.05) is 24.5 Å². The van der Waals surface area contributed by atoms with E-state index in [9.17, 15) is 14.0 Å². The zero-order valence-electron chi connectivity index (χ0n) is 16.6. The van der Waals surface area contributed by atoms with Gasteiger partial charge >= 0.3 is 0 Å². The van der Waals surface area contributed by atoms with Crippen LogP contribution in [0.15, 0.2) is 60.2 Å². The van der Waals surface area contributed by atoms with Gasteiger partial charge in [0.1, 0.15) is 11.4 Å². The Kier molecular flexibility index (Phi) is 5.47. The lowest BCUT2D eigenvalue weighted by Crippen LogP contribution is -2.54. The van der Waals surface area contributed by atoms with Crippen LogP contribution in [0.5, 0.6) is 0 Å². The van der Waals surface area contributed by atoms with Crippen molar-refractivity contribution in [2.24, 2.45) is 0 Å². The maximum atomic E-state index is 13.7. The highest BCUT2D eigenvalue weighted by Crippen LogP contribution is 2.30. The van der Waals surface area contributed by atoms with Crippen molar-refractivity contribution in [3.05, 3.63) is 88.0 Å². The van der Waals surface area contributed by atoms with E-state index in [2.05, 4.69) is 5.32 Å². The number of para-hydroxylation sites is 1. The van der Waals surface area contributed by atoms with Gasteiger partial charge in [0.25, 0.3) is 11.8 Å². The summed E-state index contributed by atoms with van der Waals surface area (Å²) in [5, 5.41) is 2.85. The molecule has 1 aliphatic heterocycles. The van der Waals surface area contributed by atoms with Crippen molar-refractivity contribution in [3.8, 4) is 5.69 Å². The lowest BCUT2D eigenvalue weighted by Gasteiger charge is -2.29. The first-order chi connectivity index (χ1) is 14.8. The topological polar surface area (TPSA) is 54.3 Å². The second-order valence-corrected chi connectivity index (χ2v) is 7.84. The quantitative estimate of drug-likeness (QED) is 0.355. The van der Waals surface area contributed by atoms with Gasteiger partial charge in [-0.3, -0.25) is 19.8 Å². The number of rotatable bonds is 3. The molecule has 5 nitrogen and oxygen atoms in total. The molecule has 0 radical (unpaired) electrons. The normalized spacial score (nSPS) is 15.5. The van der Waals surface area contributed by atoms with Crippen molar-refractivity contribution < 1.29 is 14.0 Å². The number of hydrogen-bond donors (Lipinski definition) is 1. The molecule has 1 N–H and O–H groups in total. The number of halogens is 2. The number of carbonyl (C=O) groups excluding carboxylic acids is 2. The molecule has 2 aromatic carbocycles. The third kappa shape index (κ3) is 3.78. The van der Waals surface area contributed by atoms with Gasteiger partial charge in [0.2, 0.25) is 0 Å². The van der Waals surface area contributed by atoms with Gasteiger partial charge in [-0.05, 0) is 74.1 Å². The number of thiocarbonyl (C=S) groups is 1. The Morgan fingerprint density at radius 2 is 1.81 bits per heavy atom. The third-order valence-corrected chi connectivity index (χ3v) is 5.64. The summed E-state index contributed by atoms with van der Waals surface area (Å²) >= 11 is 11.5. The molecule has 0 atom stereocenters. The molecule has 0 saturated carbocycles. The van der Waals surface area contributed by atoms with E-state index in [0.717, 1.165) is 11.4 Å². The van der Waals surface area contributed by atoms with Gasteiger partial charge in [-0.1, -0.05) is 29.8 Å². The lowest BCUT2D eigenvalue weighted by molar-refractivity contribution is -0.122. The molecular weight excluding hydrogens is 437 g/mol. The van der Waals surface area contributed by atoms with Crippen LogP contribution in [0, 0.1) is 19.7 Å². The molecule has 1 fully saturated rings. The van der Waals surface area contributed by atoms with Gasteiger partial charge < -0.3 is 4.57 Å². The number of benzene rings is 2. The van der Waals surface area contributed by atoms with Crippen LogP contribution >= 0.6 is 23.8 Å². The van der Waals surface area contributed by atoms with Crippen LogP contribution < -0.4 is 10.2 Å². The molecule has 2 amide bonds. The molecule has 1 aromatic heterocycles. The molecule has 0 bridgehead atoms. The minimum atomic E-state index is -0.589. The lowest BCUT2D eigenvalue weighted by atomic mass is 10.1. The summed E-state index contributed by atoms with van der Waals surface area (Å²) in [5.74, 6) is -1.51. The van der Waals surface area contributed by atoms with Crippen molar-refractivity contribution in [1.82, 2.24) is 9.88 Å². The van der Waals surface area contributed by atoms with Crippen molar-refractivity contribution in [3.63, 3.8) is 0 Å². The number of anilines is 1. The summed E-state index contributed by atoms with van der Waals surface area (Å²) in [7, 11) is 0. The number of nitrogens with zero attached hydrogens (tertiary/aromatic N) is 2. The number of aryl methyl sites for hydroxylation is 1. The Balaban J connectivity index is 1.79. The summed E-state index contributed by atoms with van der Waals surface area (Å²) in [4.78, 5) is 27.0. The van der Waals surface area contributed by atoms with Crippen LogP contribution in [0.4, 0.5) is 10.1 Å². The first-order valence-corrected chi connectivity index (χ1v) is 10.2. The SMILES string of the molecule is Cc1cc(/C=C2\C(=O)NC(=S)N(c3ccccc3Cl)C2=O)c(C)n1-c1cccc(F)c1. The van der Waals surface area contributed by atoms with E-state index in [0.29, 0.717) is 22.0 Å². The van der Waals surface area contributed by atoms with Gasteiger partial charge in [-0.2, -0.15) is 0 Å². The Morgan fingerprint density at radius 1 is 1.06 bits per heavy atom. The monoisotopic (exact) mass is 453 g/mol. The Labute approximate surface area is 188 Å². The van der Waals surface area contributed by atoms with Crippen LogP contribution in [0.1, 0.15) is 17.0 Å². The summed E-state index contributed by atoms with van der Waals surface area (Å²) in [6.07, 6.45) is 1.52. The van der Waals surface area contributed by atoms with Gasteiger partial charge in [-0.15, -0.1) is 0 Å². The zero-order chi connectivity index (χ0) is 22.3. The highest BCUT2D eigenvalue weighted by Gasteiger charge is 2.35. The molecule has 0 spiro atoms. The molecule has 31 heavy (non-hydrogen) atoms. The number of nitrogens with one attached hydrogen (secondary N) is 1. The van der Waals surface area contributed by atoms with Crippen LogP contribution in [0.25, 0.3) is 11.8 Å². The highest BCUT2D eigenvalue weighted by molar-refractivity contribution is 7.80. The molecule has 156 valence electrons. The molecule has 0 aliphatic carbocycles. The molecule has 1 saturated heterocycles. The Hall–Kier alpha value is -3.29. The largest absolute Gasteiger partial charge is 0.318 e. The van der Waals surface area contributed by atoms with Gasteiger partial charge in [0.05, 0.1) is 10.7 Å². The fourth-order valence-corrected chi connectivity index (χ4v) is 4.11. The van der Waals surface area contributed by atoms with Crippen molar-refractivity contribution in [2.75, 3.05) is 4.90 Å². The van der Waals surface area contributed by atoms with Crippen LogP contribution in [0.2, 0.25) is 5.02 Å². The van der Waals surface area contributed by atoms with Gasteiger partial charge in [0.15, 0.2) is 5.11 Å². The van der Waals surface area contributed by atoms with Crippen molar-refractivity contribution in [1.29, 1.82) is 0 Å².